The van der Waals surface area contributed by atoms with Crippen LogP contribution in [0.5, 0.6) is 11.5 Å². The molecule has 2 aromatic carbocycles. The fraction of sp³-hybridized carbons (Fsp3) is 0.143. The molecule has 0 atom stereocenters. The number of thioether (sulfide) groups is 1. The largest absolute Gasteiger partial charge is 0.493 e. The maximum absolute atomic E-state index is 11.8. The molecule has 1 amide bonds. The first kappa shape index (κ1) is 23.6. The number of ether oxygens (including phenoxy) is 3. The van der Waals surface area contributed by atoms with E-state index in [-0.39, 0.29) is 16.7 Å². The minimum Gasteiger partial charge on any atom is -0.493 e. The average molecular weight is 494 g/mol. The minimum atomic E-state index is -0.625. The number of carbonyl (C=O) groups is 2. The van der Waals surface area contributed by atoms with Crippen LogP contribution in [0.15, 0.2) is 57.6 Å². The van der Waals surface area contributed by atoms with Gasteiger partial charge in [-0.05, 0) is 47.7 Å². The fourth-order valence-corrected chi connectivity index (χ4v) is 3.67. The van der Waals surface area contributed by atoms with E-state index in [2.05, 4.69) is 20.3 Å². The van der Waals surface area contributed by atoms with Crippen molar-refractivity contribution in [3.63, 3.8) is 0 Å². The highest BCUT2D eigenvalue weighted by Crippen LogP contribution is 2.30. The second-order valence-electron chi connectivity index (χ2n) is 6.17. The van der Waals surface area contributed by atoms with Gasteiger partial charge >= 0.3 is 5.97 Å². The van der Waals surface area contributed by atoms with E-state index in [0.717, 1.165) is 23.4 Å². The maximum atomic E-state index is 11.8. The Morgan fingerprint density at radius 2 is 1.97 bits per heavy atom. The quantitative estimate of drug-likeness (QED) is 0.268. The van der Waals surface area contributed by atoms with Gasteiger partial charge in [0.15, 0.2) is 16.7 Å². The number of hydrogen-bond acceptors (Lipinski definition) is 8. The van der Waals surface area contributed by atoms with E-state index in [0.29, 0.717) is 27.1 Å². The van der Waals surface area contributed by atoms with Crippen molar-refractivity contribution in [1.29, 1.82) is 0 Å². The normalized spacial score (nSPS) is 15.9. The van der Waals surface area contributed by atoms with Gasteiger partial charge in [0.25, 0.3) is 5.91 Å². The van der Waals surface area contributed by atoms with E-state index >= 15 is 0 Å². The number of amidine groups is 1. The lowest BCUT2D eigenvalue weighted by molar-refractivity contribution is -0.135. The van der Waals surface area contributed by atoms with Gasteiger partial charge in [0.05, 0.1) is 25.3 Å². The summed E-state index contributed by atoms with van der Waals surface area (Å²) in [5.41, 5.74) is 1.49. The third-order valence-corrected chi connectivity index (χ3v) is 5.53. The highest BCUT2D eigenvalue weighted by Gasteiger charge is 2.25. The summed E-state index contributed by atoms with van der Waals surface area (Å²) in [6.45, 7) is 0.242. The van der Waals surface area contributed by atoms with Crippen molar-refractivity contribution < 1.29 is 23.8 Å². The van der Waals surface area contributed by atoms with Crippen LogP contribution >= 0.6 is 35.0 Å². The highest BCUT2D eigenvalue weighted by molar-refractivity contribution is 8.18. The average Bonchev–Trinajstić information content (AvgIpc) is 3.12. The van der Waals surface area contributed by atoms with E-state index in [1.165, 1.54) is 20.4 Å². The van der Waals surface area contributed by atoms with Gasteiger partial charge in [-0.1, -0.05) is 29.3 Å². The summed E-state index contributed by atoms with van der Waals surface area (Å²) in [6, 6.07) is 10.4. The molecule has 11 heteroatoms. The minimum absolute atomic E-state index is 0.176. The summed E-state index contributed by atoms with van der Waals surface area (Å²) < 4.78 is 15.7. The first-order chi connectivity index (χ1) is 15.4. The predicted molar refractivity (Wildman–Crippen MR) is 125 cm³/mol. The van der Waals surface area contributed by atoms with E-state index in [1.54, 1.807) is 36.4 Å². The van der Waals surface area contributed by atoms with Crippen molar-refractivity contribution in [2.45, 2.75) is 6.61 Å². The lowest BCUT2D eigenvalue weighted by atomic mass is 10.2. The Bertz CT molecular complexity index is 1130. The molecular weight excluding hydrogens is 477 g/mol. The van der Waals surface area contributed by atoms with Gasteiger partial charge in [0, 0.05) is 21.7 Å². The third kappa shape index (κ3) is 6.25. The fourth-order valence-electron chi connectivity index (χ4n) is 2.47. The summed E-state index contributed by atoms with van der Waals surface area (Å²) >= 11 is 13.1. The van der Waals surface area contributed by atoms with E-state index < -0.39 is 11.9 Å². The number of carbonyl (C=O) groups excluding carboxylic acids is 2. The summed E-state index contributed by atoms with van der Waals surface area (Å²) in [6.07, 6.45) is 2.58. The topological polar surface area (TPSA) is 98.6 Å². The van der Waals surface area contributed by atoms with Crippen molar-refractivity contribution in [3.8, 4) is 11.5 Å². The SMILES string of the molecule is COC(=O)/C=C1/S/C(=N\N=Cc2ccc(OCc3ccc(Cl)cc3Cl)c(OC)c2)NC1=O. The molecule has 2 aromatic rings. The standard InChI is InChI=1S/C21H17Cl2N3O5S/c1-29-17-7-12(3-6-16(17)31-11-13-4-5-14(22)8-15(13)23)10-24-26-21-25-20(28)18(32-21)9-19(27)30-2/h3-10H,11H2,1-2H3,(H,25,26,28)/b18-9+,24-10?. The molecule has 0 spiro atoms. The Labute approximate surface area is 198 Å². The lowest BCUT2D eigenvalue weighted by Gasteiger charge is -2.12. The van der Waals surface area contributed by atoms with Gasteiger partial charge in [0.2, 0.25) is 0 Å². The van der Waals surface area contributed by atoms with Crippen LogP contribution in [0.4, 0.5) is 0 Å². The van der Waals surface area contributed by atoms with Crippen molar-refractivity contribution >= 4 is 58.2 Å². The van der Waals surface area contributed by atoms with Gasteiger partial charge < -0.3 is 14.2 Å². The van der Waals surface area contributed by atoms with E-state index in [9.17, 15) is 9.59 Å². The molecule has 1 heterocycles. The molecule has 0 aromatic heterocycles. The number of halogens is 2. The second-order valence-corrected chi connectivity index (χ2v) is 8.05. The summed E-state index contributed by atoms with van der Waals surface area (Å²) in [5.74, 6) is -0.0461. The van der Waals surface area contributed by atoms with Crippen molar-refractivity contribution in [3.05, 3.63) is 68.6 Å². The zero-order valence-electron chi connectivity index (χ0n) is 16.9. The van der Waals surface area contributed by atoms with Crippen LogP contribution in [0.3, 0.4) is 0 Å². The van der Waals surface area contributed by atoms with Gasteiger partial charge in [0.1, 0.15) is 6.61 Å². The molecule has 1 aliphatic rings. The van der Waals surface area contributed by atoms with Crippen LogP contribution in [-0.4, -0.2) is 37.5 Å². The van der Waals surface area contributed by atoms with Crippen LogP contribution < -0.4 is 14.8 Å². The van der Waals surface area contributed by atoms with Crippen LogP contribution in [0.25, 0.3) is 0 Å². The van der Waals surface area contributed by atoms with Crippen LogP contribution in [0.2, 0.25) is 10.0 Å². The summed E-state index contributed by atoms with van der Waals surface area (Å²) in [5, 5.41) is 11.7. The third-order valence-electron chi connectivity index (χ3n) is 4.04. The Morgan fingerprint density at radius 3 is 2.69 bits per heavy atom. The number of esters is 1. The number of nitrogens with one attached hydrogen (secondary N) is 1. The Hall–Kier alpha value is -3.01. The summed E-state index contributed by atoms with van der Waals surface area (Å²) in [7, 11) is 2.76. The van der Waals surface area contributed by atoms with Gasteiger partial charge in [-0.25, -0.2) is 4.79 Å². The van der Waals surface area contributed by atoms with Crippen LogP contribution in [-0.2, 0) is 20.9 Å². The molecule has 0 bridgehead atoms. The van der Waals surface area contributed by atoms with Crippen molar-refractivity contribution in [2.75, 3.05) is 14.2 Å². The molecule has 1 saturated heterocycles. The van der Waals surface area contributed by atoms with Crippen molar-refractivity contribution in [2.24, 2.45) is 10.2 Å². The van der Waals surface area contributed by atoms with Crippen LogP contribution in [0.1, 0.15) is 11.1 Å². The Kier molecular flexibility index (Phi) is 8.15. The second kappa shape index (κ2) is 11.0. The first-order valence-corrected chi connectivity index (χ1v) is 10.6. The Morgan fingerprint density at radius 1 is 1.16 bits per heavy atom. The van der Waals surface area contributed by atoms with Gasteiger partial charge in [-0.2, -0.15) is 5.10 Å². The zero-order chi connectivity index (χ0) is 23.1. The molecule has 0 radical (unpaired) electrons. The molecule has 1 fully saturated rings. The molecule has 166 valence electrons. The number of rotatable bonds is 7. The van der Waals surface area contributed by atoms with E-state index in [4.69, 9.17) is 32.7 Å². The molecule has 0 saturated carbocycles. The molecule has 0 aliphatic carbocycles. The smallest absolute Gasteiger partial charge is 0.331 e. The molecule has 3 rings (SSSR count). The number of methoxy groups -OCH3 is 2. The Balaban J connectivity index is 1.66. The molecule has 32 heavy (non-hydrogen) atoms. The number of benzene rings is 2. The summed E-state index contributed by atoms with van der Waals surface area (Å²) in [4.78, 5) is 23.3. The highest BCUT2D eigenvalue weighted by atomic mass is 35.5. The molecule has 8 nitrogen and oxygen atoms in total. The molecular formula is C21H17Cl2N3O5S. The monoisotopic (exact) mass is 493 g/mol. The first-order valence-electron chi connectivity index (χ1n) is 9.04. The van der Waals surface area contributed by atoms with Crippen LogP contribution in [0, 0.1) is 0 Å². The zero-order valence-corrected chi connectivity index (χ0v) is 19.3. The number of hydrogen-bond donors (Lipinski definition) is 1. The van der Waals surface area contributed by atoms with Gasteiger partial charge in [-0.15, -0.1) is 5.10 Å². The van der Waals surface area contributed by atoms with Crippen molar-refractivity contribution in [1.82, 2.24) is 5.32 Å². The molecule has 1 aliphatic heterocycles. The molecule has 0 unspecified atom stereocenters. The molecule has 1 N–H and O–H groups in total. The number of amides is 1. The number of nitrogens with zero attached hydrogens (tertiary/aromatic N) is 2. The van der Waals surface area contributed by atoms with Gasteiger partial charge in [-0.3, -0.25) is 10.1 Å². The van der Waals surface area contributed by atoms with E-state index in [1.807, 2.05) is 0 Å². The maximum Gasteiger partial charge on any atom is 0.331 e. The lowest BCUT2D eigenvalue weighted by Crippen LogP contribution is -2.19. The predicted octanol–water partition coefficient (Wildman–Crippen LogP) is 4.19.